The zero-order valence-corrected chi connectivity index (χ0v) is 24.0. The summed E-state index contributed by atoms with van der Waals surface area (Å²) in [5.41, 5.74) is -0.989. The smallest absolute Gasteiger partial charge is 0.373 e. The number of hydrogen-bond donors (Lipinski definition) is 0. The van der Waals surface area contributed by atoms with Crippen molar-refractivity contribution in [2.75, 3.05) is 19.7 Å². The average molecular weight is 608 g/mol. The SMILES string of the molecule is CC(OCC1(c2ccccc2)CCC(N2CCC(c3ccc(F)cc3)CC2)CC1)c1cc(C(F)(F)F)cc(C(F)(F)F)c1. The van der Waals surface area contributed by atoms with Gasteiger partial charge in [0.1, 0.15) is 5.82 Å². The summed E-state index contributed by atoms with van der Waals surface area (Å²) in [6.45, 7) is 3.60. The first kappa shape index (κ1) is 31.5. The molecule has 43 heavy (non-hydrogen) atoms. The normalized spacial score (nSPS) is 23.3. The van der Waals surface area contributed by atoms with E-state index in [0.29, 0.717) is 12.0 Å². The Kier molecular flexibility index (Phi) is 9.23. The van der Waals surface area contributed by atoms with E-state index < -0.39 is 35.0 Å². The number of ether oxygens (including phenoxy) is 1. The van der Waals surface area contributed by atoms with Crippen LogP contribution >= 0.6 is 0 Å². The van der Waals surface area contributed by atoms with Crippen LogP contribution in [0.4, 0.5) is 30.7 Å². The van der Waals surface area contributed by atoms with E-state index in [1.165, 1.54) is 24.6 Å². The Morgan fingerprint density at radius 1 is 0.791 bits per heavy atom. The fraction of sp³-hybridized carbons (Fsp3) is 0.471. The number of nitrogens with zero attached hydrogens (tertiary/aromatic N) is 1. The number of halogens is 7. The Labute approximate surface area is 247 Å². The molecular formula is C34H36F7NO. The van der Waals surface area contributed by atoms with Crippen LogP contribution < -0.4 is 0 Å². The molecule has 2 aliphatic rings. The molecule has 9 heteroatoms. The van der Waals surface area contributed by atoms with Crippen molar-refractivity contribution in [3.63, 3.8) is 0 Å². The standard InChI is InChI=1S/C34H36F7NO/c1-23(26-19-28(33(36,37)38)21-29(20-26)34(39,40)41)43-22-32(27-5-3-2-4-6-27)15-11-31(12-16-32)42-17-13-25(14-18-42)24-7-9-30(35)10-8-24/h2-10,19-21,23,25,31H,11-18,22H2,1H3. The molecule has 0 bridgehead atoms. The van der Waals surface area contributed by atoms with Crippen molar-refractivity contribution in [3.05, 3.63) is 106 Å². The summed E-state index contributed by atoms with van der Waals surface area (Å²) < 4.78 is 100. The van der Waals surface area contributed by atoms with Crippen LogP contribution in [0.25, 0.3) is 0 Å². The highest BCUT2D eigenvalue weighted by Crippen LogP contribution is 2.44. The summed E-state index contributed by atoms with van der Waals surface area (Å²) in [7, 11) is 0. The van der Waals surface area contributed by atoms with Crippen LogP contribution in [-0.4, -0.2) is 30.6 Å². The molecule has 1 saturated carbocycles. The van der Waals surface area contributed by atoms with Gasteiger partial charge in [0.05, 0.1) is 23.8 Å². The number of rotatable bonds is 7. The third-order valence-corrected chi connectivity index (χ3v) is 9.37. The van der Waals surface area contributed by atoms with Gasteiger partial charge in [-0.2, -0.15) is 26.3 Å². The van der Waals surface area contributed by atoms with Crippen LogP contribution in [0.2, 0.25) is 0 Å². The maximum atomic E-state index is 13.4. The molecule has 2 fully saturated rings. The summed E-state index contributed by atoms with van der Waals surface area (Å²) >= 11 is 0. The van der Waals surface area contributed by atoms with Gasteiger partial charge >= 0.3 is 12.4 Å². The Hall–Kier alpha value is -2.91. The fourth-order valence-electron chi connectivity index (χ4n) is 6.76. The Bertz CT molecular complexity index is 1310. The number of alkyl halides is 6. The zero-order chi connectivity index (χ0) is 30.8. The lowest BCUT2D eigenvalue weighted by Gasteiger charge is -2.46. The molecule has 0 radical (unpaired) electrons. The monoisotopic (exact) mass is 607 g/mol. The predicted octanol–water partition coefficient (Wildman–Crippen LogP) is 9.70. The first-order valence-electron chi connectivity index (χ1n) is 14.8. The van der Waals surface area contributed by atoms with E-state index in [0.717, 1.165) is 69.3 Å². The fourth-order valence-corrected chi connectivity index (χ4v) is 6.76. The number of likely N-dealkylation sites (tertiary alicyclic amines) is 1. The minimum absolute atomic E-state index is 0.144. The average Bonchev–Trinajstić information content (AvgIpc) is 3.00. The zero-order valence-electron chi connectivity index (χ0n) is 24.0. The quantitative estimate of drug-likeness (QED) is 0.248. The maximum absolute atomic E-state index is 13.4. The van der Waals surface area contributed by atoms with Crippen molar-refractivity contribution < 1.29 is 35.5 Å². The molecule has 0 N–H and O–H groups in total. The minimum Gasteiger partial charge on any atom is -0.373 e. The molecule has 0 amide bonds. The van der Waals surface area contributed by atoms with Gasteiger partial charge in [-0.15, -0.1) is 0 Å². The van der Waals surface area contributed by atoms with Gasteiger partial charge in [0.25, 0.3) is 0 Å². The van der Waals surface area contributed by atoms with Gasteiger partial charge in [0.15, 0.2) is 0 Å². The topological polar surface area (TPSA) is 12.5 Å². The summed E-state index contributed by atoms with van der Waals surface area (Å²) in [5, 5.41) is 0. The molecule has 2 nitrogen and oxygen atoms in total. The summed E-state index contributed by atoms with van der Waals surface area (Å²) in [4.78, 5) is 2.53. The van der Waals surface area contributed by atoms with Gasteiger partial charge in [0, 0.05) is 11.5 Å². The second-order valence-corrected chi connectivity index (χ2v) is 12.0. The summed E-state index contributed by atoms with van der Waals surface area (Å²) in [6.07, 6.45) is -5.37. The lowest BCUT2D eigenvalue weighted by molar-refractivity contribution is -0.143. The number of benzene rings is 3. The molecule has 1 unspecified atom stereocenters. The molecule has 232 valence electrons. The van der Waals surface area contributed by atoms with Crippen LogP contribution in [0.3, 0.4) is 0 Å². The van der Waals surface area contributed by atoms with Gasteiger partial charge in [-0.25, -0.2) is 4.39 Å². The lowest BCUT2D eigenvalue weighted by atomic mass is 9.68. The van der Waals surface area contributed by atoms with Crippen LogP contribution in [0.15, 0.2) is 72.8 Å². The van der Waals surface area contributed by atoms with E-state index >= 15 is 0 Å². The van der Waals surface area contributed by atoms with E-state index in [1.807, 2.05) is 42.5 Å². The molecule has 0 aromatic heterocycles. The van der Waals surface area contributed by atoms with Crippen LogP contribution in [-0.2, 0) is 22.5 Å². The van der Waals surface area contributed by atoms with Gasteiger partial charge < -0.3 is 9.64 Å². The van der Waals surface area contributed by atoms with Crippen LogP contribution in [0, 0.1) is 5.82 Å². The first-order chi connectivity index (χ1) is 20.3. The highest BCUT2D eigenvalue weighted by atomic mass is 19.4. The first-order valence-corrected chi connectivity index (χ1v) is 14.8. The molecule has 3 aromatic carbocycles. The molecule has 1 heterocycles. The molecule has 3 aromatic rings. The van der Waals surface area contributed by atoms with Gasteiger partial charge in [-0.1, -0.05) is 42.5 Å². The number of hydrogen-bond acceptors (Lipinski definition) is 2. The van der Waals surface area contributed by atoms with Gasteiger partial charge in [-0.05, 0) is 111 Å². The van der Waals surface area contributed by atoms with Crippen molar-refractivity contribution in [2.45, 2.75) is 81.3 Å². The van der Waals surface area contributed by atoms with E-state index in [9.17, 15) is 30.7 Å². The number of piperidine rings is 1. The summed E-state index contributed by atoms with van der Waals surface area (Å²) in [5.74, 6) is 0.178. The van der Waals surface area contributed by atoms with E-state index in [-0.39, 0.29) is 24.1 Å². The minimum atomic E-state index is -4.91. The van der Waals surface area contributed by atoms with Crippen LogP contribution in [0.5, 0.6) is 0 Å². The predicted molar refractivity (Wildman–Crippen MR) is 151 cm³/mol. The molecule has 1 saturated heterocycles. The molecule has 1 atom stereocenters. The third-order valence-electron chi connectivity index (χ3n) is 9.37. The largest absolute Gasteiger partial charge is 0.416 e. The highest BCUT2D eigenvalue weighted by molar-refractivity contribution is 5.35. The van der Waals surface area contributed by atoms with E-state index in [2.05, 4.69) is 4.90 Å². The van der Waals surface area contributed by atoms with Crippen molar-refractivity contribution in [1.82, 2.24) is 4.90 Å². The summed E-state index contributed by atoms with van der Waals surface area (Å²) in [6, 6.07) is 18.6. The van der Waals surface area contributed by atoms with Gasteiger partial charge in [-0.3, -0.25) is 0 Å². The lowest BCUT2D eigenvalue weighted by Crippen LogP contribution is -2.46. The Morgan fingerprint density at radius 2 is 1.35 bits per heavy atom. The van der Waals surface area contributed by atoms with Crippen LogP contribution in [0.1, 0.15) is 85.3 Å². The van der Waals surface area contributed by atoms with Crippen molar-refractivity contribution >= 4 is 0 Å². The van der Waals surface area contributed by atoms with Crippen molar-refractivity contribution in [3.8, 4) is 0 Å². The van der Waals surface area contributed by atoms with E-state index in [4.69, 9.17) is 4.74 Å². The third kappa shape index (κ3) is 7.43. The maximum Gasteiger partial charge on any atom is 0.416 e. The van der Waals surface area contributed by atoms with Crippen molar-refractivity contribution in [2.24, 2.45) is 0 Å². The highest BCUT2D eigenvalue weighted by Gasteiger charge is 2.41. The second-order valence-electron chi connectivity index (χ2n) is 12.0. The van der Waals surface area contributed by atoms with Crippen molar-refractivity contribution in [1.29, 1.82) is 0 Å². The molecule has 5 rings (SSSR count). The molecule has 1 aliphatic heterocycles. The second kappa shape index (κ2) is 12.6. The molecular weight excluding hydrogens is 571 g/mol. The Morgan fingerprint density at radius 3 is 1.88 bits per heavy atom. The Balaban J connectivity index is 1.27. The van der Waals surface area contributed by atoms with E-state index in [1.54, 1.807) is 0 Å². The molecule has 0 spiro atoms. The van der Waals surface area contributed by atoms with Gasteiger partial charge in [0.2, 0.25) is 0 Å². The molecule has 1 aliphatic carbocycles.